The molecule has 0 aliphatic heterocycles. The summed E-state index contributed by atoms with van der Waals surface area (Å²) in [4.78, 5) is 14.2. The van der Waals surface area contributed by atoms with Crippen LogP contribution in [0.2, 0.25) is 5.15 Å². The molecule has 5 nitrogen and oxygen atoms in total. The van der Waals surface area contributed by atoms with Crippen LogP contribution >= 0.6 is 11.6 Å². The van der Waals surface area contributed by atoms with Gasteiger partial charge in [0.05, 0.1) is 11.0 Å². The Morgan fingerprint density at radius 2 is 2.16 bits per heavy atom. The van der Waals surface area contributed by atoms with E-state index in [0.717, 1.165) is 11.1 Å². The third-order valence-corrected chi connectivity index (χ3v) is 2.79. The molecule has 0 aliphatic rings. The van der Waals surface area contributed by atoms with Crippen LogP contribution < -0.4 is 4.74 Å². The van der Waals surface area contributed by atoms with Crippen LogP contribution in [-0.2, 0) is 6.61 Å². The zero-order valence-corrected chi connectivity index (χ0v) is 10.9. The number of non-ortho nitro benzene ring substituents is 1. The predicted octanol–water partition coefficient (Wildman–Crippen LogP) is 3.53. The summed E-state index contributed by atoms with van der Waals surface area (Å²) in [6, 6.07) is 7.99. The molecule has 19 heavy (non-hydrogen) atoms. The molecule has 0 fully saturated rings. The summed E-state index contributed by atoms with van der Waals surface area (Å²) < 4.78 is 5.57. The van der Waals surface area contributed by atoms with Crippen LogP contribution in [0.5, 0.6) is 5.75 Å². The van der Waals surface area contributed by atoms with E-state index < -0.39 is 4.92 Å². The van der Waals surface area contributed by atoms with Crippen LogP contribution in [0.3, 0.4) is 0 Å². The minimum Gasteiger partial charge on any atom is -0.488 e. The summed E-state index contributed by atoms with van der Waals surface area (Å²) in [6.07, 6.45) is 1.61. The monoisotopic (exact) mass is 278 g/mol. The summed E-state index contributed by atoms with van der Waals surface area (Å²) in [5, 5.41) is 11.1. The Kier molecular flexibility index (Phi) is 3.97. The molecule has 1 heterocycles. The van der Waals surface area contributed by atoms with Crippen molar-refractivity contribution in [1.82, 2.24) is 4.98 Å². The van der Waals surface area contributed by atoms with E-state index in [1.165, 1.54) is 12.1 Å². The molecular formula is C13H11ClN2O3. The van der Waals surface area contributed by atoms with Gasteiger partial charge < -0.3 is 4.74 Å². The van der Waals surface area contributed by atoms with Crippen molar-refractivity contribution >= 4 is 17.3 Å². The molecule has 0 amide bonds. The number of nitrogens with zero attached hydrogens (tertiary/aromatic N) is 2. The number of hydrogen-bond acceptors (Lipinski definition) is 4. The van der Waals surface area contributed by atoms with Crippen LogP contribution in [0.4, 0.5) is 5.69 Å². The standard InChI is InChI=1S/C13H11ClN2O3/c1-9-2-4-11(16(17)18)6-12(9)19-8-10-3-5-13(14)15-7-10/h2-7H,8H2,1H3. The Hall–Kier alpha value is -2.14. The molecule has 6 heteroatoms. The number of ether oxygens (including phenoxy) is 1. The van der Waals surface area contributed by atoms with Gasteiger partial charge in [0.2, 0.25) is 0 Å². The highest BCUT2D eigenvalue weighted by Crippen LogP contribution is 2.24. The zero-order valence-electron chi connectivity index (χ0n) is 10.2. The summed E-state index contributed by atoms with van der Waals surface area (Å²) in [7, 11) is 0. The minimum atomic E-state index is -0.448. The van der Waals surface area contributed by atoms with Gasteiger partial charge in [-0.3, -0.25) is 10.1 Å². The van der Waals surface area contributed by atoms with E-state index in [4.69, 9.17) is 16.3 Å². The lowest BCUT2D eigenvalue weighted by Crippen LogP contribution is -1.98. The molecule has 1 aromatic carbocycles. The molecule has 0 aliphatic carbocycles. The average molecular weight is 279 g/mol. The smallest absolute Gasteiger partial charge is 0.273 e. The number of benzene rings is 1. The van der Waals surface area contributed by atoms with Gasteiger partial charge in [0, 0.05) is 17.8 Å². The molecule has 0 saturated carbocycles. The molecule has 0 unspecified atom stereocenters. The lowest BCUT2D eigenvalue weighted by atomic mass is 10.2. The maximum Gasteiger partial charge on any atom is 0.273 e. The van der Waals surface area contributed by atoms with E-state index in [-0.39, 0.29) is 12.3 Å². The minimum absolute atomic E-state index is 0.00910. The van der Waals surface area contributed by atoms with Crippen LogP contribution in [0.25, 0.3) is 0 Å². The van der Waals surface area contributed by atoms with Gasteiger partial charge in [0.1, 0.15) is 17.5 Å². The highest BCUT2D eigenvalue weighted by molar-refractivity contribution is 6.29. The van der Waals surface area contributed by atoms with Crippen LogP contribution in [0, 0.1) is 17.0 Å². The van der Waals surface area contributed by atoms with Gasteiger partial charge >= 0.3 is 0 Å². The van der Waals surface area contributed by atoms with E-state index in [0.29, 0.717) is 10.9 Å². The third-order valence-electron chi connectivity index (χ3n) is 2.57. The van der Waals surface area contributed by atoms with E-state index in [1.807, 2.05) is 6.92 Å². The summed E-state index contributed by atoms with van der Waals surface area (Å²) >= 11 is 5.68. The van der Waals surface area contributed by atoms with Crippen LogP contribution in [0.1, 0.15) is 11.1 Å². The number of nitro benzene ring substituents is 1. The van der Waals surface area contributed by atoms with Gasteiger partial charge in [-0.25, -0.2) is 4.98 Å². The number of nitro groups is 1. The van der Waals surface area contributed by atoms with Crippen molar-refractivity contribution < 1.29 is 9.66 Å². The molecule has 98 valence electrons. The highest BCUT2D eigenvalue weighted by Gasteiger charge is 2.09. The Balaban J connectivity index is 2.12. The first-order valence-corrected chi connectivity index (χ1v) is 5.92. The second kappa shape index (κ2) is 5.67. The molecule has 0 N–H and O–H groups in total. The number of aromatic nitrogens is 1. The predicted molar refractivity (Wildman–Crippen MR) is 71.4 cm³/mol. The fraction of sp³-hybridized carbons (Fsp3) is 0.154. The second-order valence-electron chi connectivity index (χ2n) is 3.98. The summed E-state index contributed by atoms with van der Waals surface area (Å²) in [5.74, 6) is 0.490. The summed E-state index contributed by atoms with van der Waals surface area (Å²) in [6.45, 7) is 2.12. The third kappa shape index (κ3) is 3.42. The number of aryl methyl sites for hydroxylation is 1. The van der Waals surface area contributed by atoms with E-state index >= 15 is 0 Å². The molecular weight excluding hydrogens is 268 g/mol. The van der Waals surface area contributed by atoms with Gasteiger partial charge in [-0.2, -0.15) is 0 Å². The zero-order chi connectivity index (χ0) is 13.8. The molecule has 2 aromatic rings. The number of pyridine rings is 1. The lowest BCUT2D eigenvalue weighted by Gasteiger charge is -2.08. The van der Waals surface area contributed by atoms with E-state index in [2.05, 4.69) is 4.98 Å². The first-order chi connectivity index (χ1) is 9.06. The van der Waals surface area contributed by atoms with Gasteiger partial charge in [-0.1, -0.05) is 17.7 Å². The van der Waals surface area contributed by atoms with Crippen molar-refractivity contribution in [2.24, 2.45) is 0 Å². The Labute approximate surface area is 115 Å². The fourth-order valence-corrected chi connectivity index (χ4v) is 1.62. The van der Waals surface area contributed by atoms with Crippen LogP contribution in [0.15, 0.2) is 36.5 Å². The molecule has 0 saturated heterocycles. The van der Waals surface area contributed by atoms with Gasteiger partial charge in [0.15, 0.2) is 0 Å². The first-order valence-electron chi connectivity index (χ1n) is 5.54. The SMILES string of the molecule is Cc1ccc([N+](=O)[O-])cc1OCc1ccc(Cl)nc1. The highest BCUT2D eigenvalue weighted by atomic mass is 35.5. The molecule has 1 aromatic heterocycles. The van der Waals surface area contributed by atoms with Crippen molar-refractivity contribution in [3.63, 3.8) is 0 Å². The topological polar surface area (TPSA) is 65.3 Å². The van der Waals surface area contributed by atoms with Crippen molar-refractivity contribution in [3.05, 3.63) is 62.9 Å². The Morgan fingerprint density at radius 1 is 1.37 bits per heavy atom. The Bertz CT molecular complexity index is 599. The van der Waals surface area contributed by atoms with Gasteiger partial charge in [-0.05, 0) is 24.6 Å². The van der Waals surface area contributed by atoms with Crippen LogP contribution in [-0.4, -0.2) is 9.91 Å². The molecule has 0 spiro atoms. The van der Waals surface area contributed by atoms with Crippen molar-refractivity contribution in [1.29, 1.82) is 0 Å². The quantitative estimate of drug-likeness (QED) is 0.487. The van der Waals surface area contributed by atoms with Gasteiger partial charge in [0.25, 0.3) is 5.69 Å². The molecule has 2 rings (SSSR count). The Morgan fingerprint density at radius 3 is 2.79 bits per heavy atom. The average Bonchev–Trinajstić information content (AvgIpc) is 2.39. The van der Waals surface area contributed by atoms with Crippen molar-refractivity contribution in [2.45, 2.75) is 13.5 Å². The first kappa shape index (κ1) is 13.3. The van der Waals surface area contributed by atoms with Gasteiger partial charge in [-0.15, -0.1) is 0 Å². The fourth-order valence-electron chi connectivity index (χ4n) is 1.51. The molecule has 0 bridgehead atoms. The van der Waals surface area contributed by atoms with Crippen molar-refractivity contribution in [3.8, 4) is 5.75 Å². The molecule has 0 atom stereocenters. The number of halogens is 1. The number of rotatable bonds is 4. The van der Waals surface area contributed by atoms with Crippen molar-refractivity contribution in [2.75, 3.05) is 0 Å². The lowest BCUT2D eigenvalue weighted by molar-refractivity contribution is -0.385. The maximum atomic E-state index is 10.7. The summed E-state index contributed by atoms with van der Waals surface area (Å²) in [5.41, 5.74) is 1.69. The largest absolute Gasteiger partial charge is 0.488 e. The van der Waals surface area contributed by atoms with E-state index in [9.17, 15) is 10.1 Å². The molecule has 0 radical (unpaired) electrons. The van der Waals surface area contributed by atoms with E-state index in [1.54, 1.807) is 24.4 Å². The second-order valence-corrected chi connectivity index (χ2v) is 4.37. The number of hydrogen-bond donors (Lipinski definition) is 0. The maximum absolute atomic E-state index is 10.7. The normalized spacial score (nSPS) is 10.2.